The van der Waals surface area contributed by atoms with E-state index in [2.05, 4.69) is 13.8 Å². The van der Waals surface area contributed by atoms with E-state index in [0.29, 0.717) is 0 Å². The first kappa shape index (κ1) is 22.1. The largest absolute Gasteiger partial charge is 0.494 e. The highest BCUT2D eigenvalue weighted by atomic mass is 16.5. The molecule has 0 bridgehead atoms. The highest BCUT2D eigenvalue weighted by Gasteiger charge is 2.24. The molecule has 2 nitrogen and oxygen atoms in total. The maximum atomic E-state index is 5.96. The van der Waals surface area contributed by atoms with Crippen LogP contribution in [0.3, 0.4) is 0 Å². The van der Waals surface area contributed by atoms with Gasteiger partial charge in [0.05, 0.1) is 13.2 Å². The molecule has 2 unspecified atom stereocenters. The van der Waals surface area contributed by atoms with E-state index >= 15 is 0 Å². The first-order chi connectivity index (χ1) is 13.3. The fraction of sp³-hybridized carbons (Fsp3) is 0.760. The van der Waals surface area contributed by atoms with Crippen LogP contribution < -0.4 is 9.47 Å². The standard InChI is InChI=1S/C25H42O2/c1-3-5-6-7-8-12-22-13-9-10-14-23(22)15-11-21-27-25-18-16-24(17-19-25)26-20-4-2/h16-19,22-23H,3-15,20-21H2,1-2H3. The van der Waals surface area contributed by atoms with Gasteiger partial charge in [0.15, 0.2) is 0 Å². The number of rotatable bonds is 14. The molecule has 2 atom stereocenters. The van der Waals surface area contributed by atoms with E-state index in [1.165, 1.54) is 77.0 Å². The minimum atomic E-state index is 0.779. The van der Waals surface area contributed by atoms with Crippen LogP contribution in [0.15, 0.2) is 24.3 Å². The third-order valence-electron chi connectivity index (χ3n) is 6.03. The van der Waals surface area contributed by atoms with Crippen LogP contribution in [0.2, 0.25) is 0 Å². The zero-order valence-corrected chi connectivity index (χ0v) is 17.9. The monoisotopic (exact) mass is 374 g/mol. The molecule has 2 heteroatoms. The minimum Gasteiger partial charge on any atom is -0.494 e. The number of hydrogen-bond donors (Lipinski definition) is 0. The summed E-state index contributed by atoms with van der Waals surface area (Å²) in [6.45, 7) is 6.05. The molecule has 154 valence electrons. The first-order valence-electron chi connectivity index (χ1n) is 11.7. The molecule has 0 radical (unpaired) electrons. The van der Waals surface area contributed by atoms with Gasteiger partial charge in [-0.2, -0.15) is 0 Å². The van der Waals surface area contributed by atoms with Gasteiger partial charge >= 0.3 is 0 Å². The lowest BCUT2D eigenvalue weighted by Crippen LogP contribution is -2.20. The van der Waals surface area contributed by atoms with Crippen molar-refractivity contribution in [2.75, 3.05) is 13.2 Å². The maximum Gasteiger partial charge on any atom is 0.119 e. The summed E-state index contributed by atoms with van der Waals surface area (Å²) in [5.41, 5.74) is 0. The van der Waals surface area contributed by atoms with Crippen LogP contribution in [0, 0.1) is 11.8 Å². The molecule has 0 spiro atoms. The number of benzene rings is 1. The molecule has 1 saturated carbocycles. The summed E-state index contributed by atoms with van der Waals surface area (Å²) in [5.74, 6) is 3.83. The lowest BCUT2D eigenvalue weighted by atomic mass is 9.74. The molecule has 1 aromatic carbocycles. The van der Waals surface area contributed by atoms with Gasteiger partial charge in [-0.3, -0.25) is 0 Å². The fourth-order valence-corrected chi connectivity index (χ4v) is 4.44. The van der Waals surface area contributed by atoms with Crippen LogP contribution >= 0.6 is 0 Å². The molecule has 1 fully saturated rings. The highest BCUT2D eigenvalue weighted by molar-refractivity contribution is 5.31. The van der Waals surface area contributed by atoms with E-state index in [0.717, 1.165) is 43.0 Å². The van der Waals surface area contributed by atoms with Gasteiger partial charge in [0.25, 0.3) is 0 Å². The van der Waals surface area contributed by atoms with Crippen LogP contribution in [0.4, 0.5) is 0 Å². The van der Waals surface area contributed by atoms with Crippen LogP contribution in [0.1, 0.15) is 97.3 Å². The van der Waals surface area contributed by atoms with Crippen molar-refractivity contribution in [2.45, 2.75) is 97.3 Å². The fourth-order valence-electron chi connectivity index (χ4n) is 4.44. The molecule has 2 rings (SSSR count). The van der Waals surface area contributed by atoms with E-state index < -0.39 is 0 Å². The quantitative estimate of drug-likeness (QED) is 0.309. The Morgan fingerprint density at radius 1 is 0.667 bits per heavy atom. The van der Waals surface area contributed by atoms with E-state index in [4.69, 9.17) is 9.47 Å². The van der Waals surface area contributed by atoms with E-state index in [-0.39, 0.29) is 0 Å². The minimum absolute atomic E-state index is 0.779. The average molecular weight is 375 g/mol. The normalized spacial score (nSPS) is 19.8. The van der Waals surface area contributed by atoms with Crippen molar-refractivity contribution in [2.24, 2.45) is 11.8 Å². The molecular formula is C25H42O2. The lowest BCUT2D eigenvalue weighted by molar-refractivity contribution is 0.190. The molecule has 0 heterocycles. The SMILES string of the molecule is CCCCCCCC1CCCCC1CCCOc1ccc(OCCC)cc1. The van der Waals surface area contributed by atoms with Crippen molar-refractivity contribution in [1.82, 2.24) is 0 Å². The van der Waals surface area contributed by atoms with Gasteiger partial charge in [0.2, 0.25) is 0 Å². The predicted molar refractivity (Wildman–Crippen MR) is 116 cm³/mol. The average Bonchev–Trinajstić information content (AvgIpc) is 2.71. The summed E-state index contributed by atoms with van der Waals surface area (Å²) in [6, 6.07) is 8.09. The Balaban J connectivity index is 1.62. The van der Waals surface area contributed by atoms with Gasteiger partial charge in [-0.1, -0.05) is 78.1 Å². The Bertz CT molecular complexity index is 468. The summed E-state index contributed by atoms with van der Waals surface area (Å²) >= 11 is 0. The van der Waals surface area contributed by atoms with Crippen LogP contribution in [0.5, 0.6) is 11.5 Å². The Morgan fingerprint density at radius 2 is 1.22 bits per heavy atom. The molecular weight excluding hydrogens is 332 g/mol. The predicted octanol–water partition coefficient (Wildman–Crippen LogP) is 7.80. The zero-order chi connectivity index (χ0) is 19.2. The second kappa shape index (κ2) is 13.9. The number of ether oxygens (including phenoxy) is 2. The Kier molecular flexibility index (Phi) is 11.4. The molecule has 27 heavy (non-hydrogen) atoms. The van der Waals surface area contributed by atoms with Crippen LogP contribution in [-0.2, 0) is 0 Å². The molecule has 0 N–H and O–H groups in total. The Labute approximate surface area is 168 Å². The van der Waals surface area contributed by atoms with Crippen molar-refractivity contribution in [1.29, 1.82) is 0 Å². The molecule has 1 aliphatic rings. The first-order valence-corrected chi connectivity index (χ1v) is 11.7. The Hall–Kier alpha value is -1.18. The maximum absolute atomic E-state index is 5.96. The number of hydrogen-bond acceptors (Lipinski definition) is 2. The smallest absolute Gasteiger partial charge is 0.119 e. The summed E-state index contributed by atoms with van der Waals surface area (Å²) < 4.78 is 11.6. The second-order valence-corrected chi connectivity index (χ2v) is 8.32. The van der Waals surface area contributed by atoms with Gasteiger partial charge < -0.3 is 9.47 Å². The van der Waals surface area contributed by atoms with Crippen molar-refractivity contribution >= 4 is 0 Å². The zero-order valence-electron chi connectivity index (χ0n) is 17.9. The van der Waals surface area contributed by atoms with E-state index in [1.54, 1.807) is 0 Å². The molecule has 0 aromatic heterocycles. The third-order valence-corrected chi connectivity index (χ3v) is 6.03. The van der Waals surface area contributed by atoms with Crippen LogP contribution in [0.25, 0.3) is 0 Å². The van der Waals surface area contributed by atoms with Gasteiger partial charge in [0, 0.05) is 0 Å². The molecule has 1 aromatic rings. The summed E-state index contributed by atoms with van der Waals surface area (Å²) in [5, 5.41) is 0. The topological polar surface area (TPSA) is 18.5 Å². The van der Waals surface area contributed by atoms with Crippen molar-refractivity contribution < 1.29 is 9.47 Å². The van der Waals surface area contributed by atoms with E-state index in [1.807, 2.05) is 24.3 Å². The van der Waals surface area contributed by atoms with Crippen molar-refractivity contribution in [3.8, 4) is 11.5 Å². The third kappa shape index (κ3) is 9.04. The molecule has 0 amide bonds. The summed E-state index contributed by atoms with van der Waals surface area (Å²) in [6.07, 6.45) is 17.9. The molecule has 1 aliphatic carbocycles. The van der Waals surface area contributed by atoms with Gasteiger partial charge in [-0.05, 0) is 55.4 Å². The second-order valence-electron chi connectivity index (χ2n) is 8.32. The summed E-state index contributed by atoms with van der Waals surface area (Å²) in [4.78, 5) is 0. The van der Waals surface area contributed by atoms with Crippen LogP contribution in [-0.4, -0.2) is 13.2 Å². The molecule has 0 saturated heterocycles. The van der Waals surface area contributed by atoms with Gasteiger partial charge in [-0.15, -0.1) is 0 Å². The van der Waals surface area contributed by atoms with Gasteiger partial charge in [0.1, 0.15) is 11.5 Å². The Morgan fingerprint density at radius 3 is 1.81 bits per heavy atom. The summed E-state index contributed by atoms with van der Waals surface area (Å²) in [7, 11) is 0. The highest BCUT2D eigenvalue weighted by Crippen LogP contribution is 2.36. The van der Waals surface area contributed by atoms with Gasteiger partial charge in [-0.25, -0.2) is 0 Å². The molecule has 0 aliphatic heterocycles. The van der Waals surface area contributed by atoms with E-state index in [9.17, 15) is 0 Å². The van der Waals surface area contributed by atoms with Crippen molar-refractivity contribution in [3.05, 3.63) is 24.3 Å². The van der Waals surface area contributed by atoms with Crippen molar-refractivity contribution in [3.63, 3.8) is 0 Å². The lowest BCUT2D eigenvalue weighted by Gasteiger charge is -2.31. The number of unbranched alkanes of at least 4 members (excludes halogenated alkanes) is 4.